The molecule has 2 aromatic heterocycles. The molecule has 0 aliphatic heterocycles. The van der Waals surface area contributed by atoms with E-state index in [1.54, 1.807) is 0 Å². The normalized spacial score (nSPS) is 11.4. The van der Waals surface area contributed by atoms with Crippen molar-refractivity contribution in [1.29, 1.82) is 5.26 Å². The van der Waals surface area contributed by atoms with Crippen LogP contribution in [0.2, 0.25) is 0 Å². The number of nitriles is 1. The Balaban J connectivity index is 2.16. The Kier molecular flexibility index (Phi) is 4.20. The van der Waals surface area contributed by atoms with E-state index in [0.29, 0.717) is 11.5 Å². The number of pyridine rings is 1. The molecule has 0 N–H and O–H groups in total. The highest BCUT2D eigenvalue weighted by atomic mass is 16.3. The Hall–Kier alpha value is -3.12. The Morgan fingerprint density at radius 3 is 2.67 bits per heavy atom. The van der Waals surface area contributed by atoms with E-state index in [1.165, 1.54) is 11.1 Å². The van der Waals surface area contributed by atoms with E-state index in [9.17, 15) is 5.26 Å². The molecule has 0 bridgehead atoms. The lowest BCUT2D eigenvalue weighted by atomic mass is 9.92. The van der Waals surface area contributed by atoms with E-state index in [-0.39, 0.29) is 0 Å². The van der Waals surface area contributed by atoms with Gasteiger partial charge >= 0.3 is 0 Å². The Labute approximate surface area is 159 Å². The van der Waals surface area contributed by atoms with Crippen molar-refractivity contribution >= 4 is 21.9 Å². The van der Waals surface area contributed by atoms with Crippen LogP contribution in [0.5, 0.6) is 0 Å². The summed E-state index contributed by atoms with van der Waals surface area (Å²) < 4.78 is 8.50. The first kappa shape index (κ1) is 17.3. The third-order valence-corrected chi connectivity index (χ3v) is 5.09. The van der Waals surface area contributed by atoms with Gasteiger partial charge in [-0.05, 0) is 54.7 Å². The molecule has 0 atom stereocenters. The summed E-state index contributed by atoms with van der Waals surface area (Å²) >= 11 is 0. The SMILES string of the molecule is Cc1cc(CC(C)C)c2c(oc3ccc(C#N)cc32)c1-c1cccc[n+]1C. The zero-order valence-electron chi connectivity index (χ0n) is 16.2. The Morgan fingerprint density at radius 1 is 1.15 bits per heavy atom. The summed E-state index contributed by atoms with van der Waals surface area (Å²) in [4.78, 5) is 0. The van der Waals surface area contributed by atoms with E-state index in [1.807, 2.05) is 24.3 Å². The van der Waals surface area contributed by atoms with Crippen LogP contribution in [-0.2, 0) is 13.5 Å². The van der Waals surface area contributed by atoms with Gasteiger partial charge in [0.2, 0.25) is 5.69 Å². The molecular weight excluding hydrogens is 332 g/mol. The molecule has 2 aromatic carbocycles. The van der Waals surface area contributed by atoms with Gasteiger partial charge in [-0.15, -0.1) is 0 Å². The summed E-state index contributed by atoms with van der Waals surface area (Å²) in [5, 5.41) is 11.5. The van der Waals surface area contributed by atoms with Gasteiger partial charge in [0.25, 0.3) is 0 Å². The molecule has 0 aliphatic rings. The number of fused-ring (bicyclic) bond motifs is 3. The maximum absolute atomic E-state index is 9.35. The van der Waals surface area contributed by atoms with Crippen LogP contribution >= 0.6 is 0 Å². The fourth-order valence-electron chi connectivity index (χ4n) is 3.95. The summed E-state index contributed by atoms with van der Waals surface area (Å²) in [7, 11) is 2.05. The molecule has 4 aromatic rings. The molecule has 0 spiro atoms. The topological polar surface area (TPSA) is 40.8 Å². The van der Waals surface area contributed by atoms with Gasteiger partial charge in [-0.25, -0.2) is 4.57 Å². The average Bonchev–Trinajstić information content (AvgIpc) is 3.01. The first-order valence-electron chi connectivity index (χ1n) is 9.33. The molecule has 0 saturated heterocycles. The second-order valence-corrected chi connectivity index (χ2v) is 7.65. The van der Waals surface area contributed by atoms with E-state index in [0.717, 1.165) is 39.6 Å². The number of hydrogen-bond donors (Lipinski definition) is 0. The van der Waals surface area contributed by atoms with Gasteiger partial charge in [-0.1, -0.05) is 19.9 Å². The smallest absolute Gasteiger partial charge is 0.216 e. The van der Waals surface area contributed by atoms with Crippen molar-refractivity contribution in [2.24, 2.45) is 13.0 Å². The summed E-state index contributed by atoms with van der Waals surface area (Å²) in [6.45, 7) is 6.62. The lowest BCUT2D eigenvalue weighted by molar-refractivity contribution is -0.660. The van der Waals surface area contributed by atoms with Crippen LogP contribution in [0, 0.1) is 24.2 Å². The van der Waals surface area contributed by atoms with E-state index in [4.69, 9.17) is 4.42 Å². The minimum absolute atomic E-state index is 0.537. The van der Waals surface area contributed by atoms with Crippen LogP contribution in [0.4, 0.5) is 0 Å². The van der Waals surface area contributed by atoms with Gasteiger partial charge in [-0.2, -0.15) is 5.26 Å². The highest BCUT2D eigenvalue weighted by Crippen LogP contribution is 2.40. The van der Waals surface area contributed by atoms with Crippen molar-refractivity contribution in [1.82, 2.24) is 0 Å². The van der Waals surface area contributed by atoms with Crippen LogP contribution in [0.1, 0.15) is 30.5 Å². The van der Waals surface area contributed by atoms with Gasteiger partial charge in [0.15, 0.2) is 6.20 Å². The minimum Gasteiger partial charge on any atom is -0.455 e. The fraction of sp³-hybridized carbons (Fsp3) is 0.250. The largest absolute Gasteiger partial charge is 0.455 e. The Bertz CT molecular complexity index is 1210. The number of nitrogens with zero attached hydrogens (tertiary/aromatic N) is 2. The number of benzene rings is 2. The standard InChI is InChI=1S/C24H23N2O/c1-15(2)11-18-12-16(3)22(20-7-5-6-10-26(20)4)24-23(18)19-13-17(14-25)8-9-21(19)27-24/h5-10,12-13,15H,11H2,1-4H3/q+1. The number of aromatic nitrogens is 1. The molecular formula is C24H23N2O+. The zero-order chi connectivity index (χ0) is 19.1. The Morgan fingerprint density at radius 2 is 1.96 bits per heavy atom. The van der Waals surface area contributed by atoms with Crippen molar-refractivity contribution in [2.45, 2.75) is 27.2 Å². The molecule has 3 nitrogen and oxygen atoms in total. The molecule has 2 heterocycles. The molecule has 0 fully saturated rings. The van der Waals surface area contributed by atoms with Gasteiger partial charge in [0.05, 0.1) is 17.2 Å². The highest BCUT2D eigenvalue weighted by molar-refractivity contribution is 6.11. The molecule has 0 unspecified atom stereocenters. The number of hydrogen-bond acceptors (Lipinski definition) is 2. The summed E-state index contributed by atoms with van der Waals surface area (Å²) in [6, 6.07) is 16.4. The molecule has 134 valence electrons. The van der Waals surface area contributed by atoms with Crippen molar-refractivity contribution < 1.29 is 8.98 Å². The second kappa shape index (κ2) is 6.55. The minimum atomic E-state index is 0.537. The van der Waals surface area contributed by atoms with E-state index in [2.05, 4.69) is 62.9 Å². The molecule has 0 aliphatic carbocycles. The molecule has 0 amide bonds. The molecule has 0 saturated carbocycles. The average molecular weight is 355 g/mol. The first-order chi connectivity index (χ1) is 13.0. The third kappa shape index (κ3) is 2.88. The molecule has 27 heavy (non-hydrogen) atoms. The van der Waals surface area contributed by atoms with Gasteiger partial charge < -0.3 is 4.42 Å². The number of aryl methyl sites for hydroxylation is 2. The van der Waals surface area contributed by atoms with Crippen LogP contribution in [0.15, 0.2) is 53.1 Å². The van der Waals surface area contributed by atoms with Crippen molar-refractivity contribution in [2.75, 3.05) is 0 Å². The van der Waals surface area contributed by atoms with Gasteiger partial charge in [0.1, 0.15) is 18.2 Å². The second-order valence-electron chi connectivity index (χ2n) is 7.65. The fourth-order valence-corrected chi connectivity index (χ4v) is 3.95. The molecule has 3 heteroatoms. The lowest BCUT2D eigenvalue weighted by Crippen LogP contribution is -2.30. The summed E-state index contributed by atoms with van der Waals surface area (Å²) in [6.07, 6.45) is 3.03. The molecule has 4 rings (SSSR count). The van der Waals surface area contributed by atoms with Crippen molar-refractivity contribution in [3.05, 3.63) is 65.4 Å². The predicted molar refractivity (Wildman–Crippen MR) is 108 cm³/mol. The van der Waals surface area contributed by atoms with Gasteiger partial charge in [-0.3, -0.25) is 0 Å². The maximum Gasteiger partial charge on any atom is 0.216 e. The van der Waals surface area contributed by atoms with E-state index < -0.39 is 0 Å². The zero-order valence-corrected chi connectivity index (χ0v) is 16.2. The van der Waals surface area contributed by atoms with Crippen LogP contribution in [-0.4, -0.2) is 0 Å². The van der Waals surface area contributed by atoms with E-state index >= 15 is 0 Å². The predicted octanol–water partition coefficient (Wildman–Crippen LogP) is 5.46. The number of rotatable bonds is 3. The lowest BCUT2D eigenvalue weighted by Gasteiger charge is -2.12. The van der Waals surface area contributed by atoms with Crippen LogP contribution in [0.3, 0.4) is 0 Å². The van der Waals surface area contributed by atoms with Crippen molar-refractivity contribution in [3.8, 4) is 17.3 Å². The van der Waals surface area contributed by atoms with Crippen LogP contribution in [0.25, 0.3) is 33.2 Å². The third-order valence-electron chi connectivity index (χ3n) is 5.09. The maximum atomic E-state index is 9.35. The summed E-state index contributed by atoms with van der Waals surface area (Å²) in [5.41, 5.74) is 7.14. The first-order valence-corrected chi connectivity index (χ1v) is 9.33. The summed E-state index contributed by atoms with van der Waals surface area (Å²) in [5.74, 6) is 0.537. The van der Waals surface area contributed by atoms with Crippen molar-refractivity contribution in [3.63, 3.8) is 0 Å². The monoisotopic (exact) mass is 355 g/mol. The van der Waals surface area contributed by atoms with Gasteiger partial charge in [0, 0.05) is 22.9 Å². The molecule has 0 radical (unpaired) electrons. The van der Waals surface area contributed by atoms with Crippen LogP contribution < -0.4 is 4.57 Å². The highest BCUT2D eigenvalue weighted by Gasteiger charge is 2.23. The number of furan rings is 1. The quantitative estimate of drug-likeness (QED) is 0.458.